The van der Waals surface area contributed by atoms with Crippen molar-refractivity contribution in [3.63, 3.8) is 0 Å². The molecule has 0 bridgehead atoms. The summed E-state index contributed by atoms with van der Waals surface area (Å²) in [7, 11) is 0. The fourth-order valence-electron chi connectivity index (χ4n) is 2.34. The lowest BCUT2D eigenvalue weighted by Crippen LogP contribution is -1.91. The van der Waals surface area contributed by atoms with Crippen molar-refractivity contribution < 1.29 is 0 Å². The molecule has 0 aliphatic carbocycles. The molecule has 100 valence electrons. The third kappa shape index (κ3) is 2.97. The van der Waals surface area contributed by atoms with Crippen molar-refractivity contribution in [2.75, 3.05) is 0 Å². The van der Waals surface area contributed by atoms with Crippen LogP contribution in [0.15, 0.2) is 60.1 Å². The zero-order chi connectivity index (χ0) is 13.8. The van der Waals surface area contributed by atoms with E-state index in [-0.39, 0.29) is 0 Å². The molecule has 2 aromatic carbocycles. The van der Waals surface area contributed by atoms with E-state index < -0.39 is 0 Å². The van der Waals surface area contributed by atoms with Crippen LogP contribution < -0.4 is 0 Å². The van der Waals surface area contributed by atoms with Gasteiger partial charge in [0.15, 0.2) is 0 Å². The minimum absolute atomic E-state index is 1.09. The van der Waals surface area contributed by atoms with Gasteiger partial charge in [0.1, 0.15) is 0 Å². The number of benzene rings is 2. The van der Waals surface area contributed by atoms with Gasteiger partial charge in [0, 0.05) is 0 Å². The van der Waals surface area contributed by atoms with Crippen molar-refractivity contribution in [2.24, 2.45) is 0 Å². The number of nitrogens with zero attached hydrogens (tertiary/aromatic N) is 1. The number of hydrogen-bond acceptors (Lipinski definition) is 2. The summed E-state index contributed by atoms with van der Waals surface area (Å²) in [6, 6.07) is 19.5. The third-order valence-corrected chi connectivity index (χ3v) is 4.48. The van der Waals surface area contributed by atoms with E-state index in [1.165, 1.54) is 21.6 Å². The molecule has 0 atom stereocenters. The van der Waals surface area contributed by atoms with Gasteiger partial charge in [-0.05, 0) is 36.5 Å². The van der Waals surface area contributed by atoms with Crippen LogP contribution in [-0.4, -0.2) is 4.98 Å². The molecule has 3 rings (SSSR count). The topological polar surface area (TPSA) is 12.9 Å². The molecule has 0 spiro atoms. The van der Waals surface area contributed by atoms with Gasteiger partial charge in [-0.25, -0.2) is 4.98 Å². The van der Waals surface area contributed by atoms with Crippen molar-refractivity contribution in [1.82, 2.24) is 4.98 Å². The second-order valence-corrected chi connectivity index (χ2v) is 5.80. The summed E-state index contributed by atoms with van der Waals surface area (Å²) in [5.74, 6) is 0. The molecular weight excluding hydrogens is 262 g/mol. The Balaban J connectivity index is 1.69. The fraction of sp³-hybridized carbons (Fsp3) is 0.167. The SMILES string of the molecule is Cc1ncsc1-c1ccc(CCc2ccccc2)cc1. The average Bonchev–Trinajstić information content (AvgIpc) is 2.93. The minimum Gasteiger partial charge on any atom is -0.249 e. The van der Waals surface area contributed by atoms with E-state index in [0.29, 0.717) is 0 Å². The smallest absolute Gasteiger partial charge is 0.0801 e. The third-order valence-electron chi connectivity index (χ3n) is 3.51. The molecule has 0 N–H and O–H groups in total. The largest absolute Gasteiger partial charge is 0.249 e. The lowest BCUT2D eigenvalue weighted by molar-refractivity contribution is 0.960. The average molecular weight is 279 g/mol. The van der Waals surface area contributed by atoms with Gasteiger partial charge in [-0.15, -0.1) is 11.3 Å². The molecule has 0 fully saturated rings. The maximum Gasteiger partial charge on any atom is 0.0801 e. The first-order chi connectivity index (χ1) is 9.83. The summed E-state index contributed by atoms with van der Waals surface area (Å²) in [5.41, 5.74) is 7.09. The van der Waals surface area contributed by atoms with Crippen LogP contribution in [0.1, 0.15) is 16.8 Å². The maximum atomic E-state index is 4.31. The van der Waals surface area contributed by atoms with Crippen molar-refractivity contribution in [2.45, 2.75) is 19.8 Å². The van der Waals surface area contributed by atoms with Crippen molar-refractivity contribution in [3.05, 3.63) is 76.9 Å². The molecule has 1 nitrogen and oxygen atoms in total. The number of aromatic nitrogens is 1. The van der Waals surface area contributed by atoms with Crippen LogP contribution in [0.5, 0.6) is 0 Å². The molecule has 2 heteroatoms. The number of hydrogen-bond donors (Lipinski definition) is 0. The molecule has 20 heavy (non-hydrogen) atoms. The first kappa shape index (κ1) is 13.1. The summed E-state index contributed by atoms with van der Waals surface area (Å²) in [5, 5.41) is 0. The van der Waals surface area contributed by atoms with Gasteiger partial charge in [-0.3, -0.25) is 0 Å². The molecule has 0 saturated carbocycles. The molecular formula is C18H17NS. The van der Waals surface area contributed by atoms with E-state index in [2.05, 4.69) is 66.5 Å². The Morgan fingerprint density at radius 2 is 1.50 bits per heavy atom. The minimum atomic E-state index is 1.09. The van der Waals surface area contributed by atoms with Crippen molar-refractivity contribution >= 4 is 11.3 Å². The monoisotopic (exact) mass is 279 g/mol. The lowest BCUT2D eigenvalue weighted by atomic mass is 10.0. The van der Waals surface area contributed by atoms with Crippen molar-refractivity contribution in [1.29, 1.82) is 0 Å². The van der Waals surface area contributed by atoms with Crippen LogP contribution in [0, 0.1) is 6.92 Å². The van der Waals surface area contributed by atoms with E-state index in [1.54, 1.807) is 11.3 Å². The highest BCUT2D eigenvalue weighted by Gasteiger charge is 2.04. The van der Waals surface area contributed by atoms with E-state index in [9.17, 15) is 0 Å². The van der Waals surface area contributed by atoms with Crippen LogP contribution >= 0.6 is 11.3 Å². The van der Waals surface area contributed by atoms with Gasteiger partial charge in [-0.2, -0.15) is 0 Å². The van der Waals surface area contributed by atoms with Crippen molar-refractivity contribution in [3.8, 4) is 10.4 Å². The molecule has 1 aromatic heterocycles. The highest BCUT2D eigenvalue weighted by molar-refractivity contribution is 7.13. The Morgan fingerprint density at radius 1 is 0.850 bits per heavy atom. The van der Waals surface area contributed by atoms with Crippen LogP contribution in [0.3, 0.4) is 0 Å². The first-order valence-electron chi connectivity index (χ1n) is 6.86. The fourth-order valence-corrected chi connectivity index (χ4v) is 3.15. The summed E-state index contributed by atoms with van der Waals surface area (Å²) >= 11 is 1.71. The van der Waals surface area contributed by atoms with Crippen LogP contribution in [-0.2, 0) is 12.8 Å². The Morgan fingerprint density at radius 3 is 2.10 bits per heavy atom. The van der Waals surface area contributed by atoms with Crippen LogP contribution in [0.25, 0.3) is 10.4 Å². The van der Waals surface area contributed by atoms with Gasteiger partial charge < -0.3 is 0 Å². The standard InChI is InChI=1S/C18H17NS/c1-14-18(20-13-19-14)17-11-9-16(10-12-17)8-7-15-5-3-2-4-6-15/h2-6,9-13H,7-8H2,1H3. The molecule has 0 amide bonds. The maximum absolute atomic E-state index is 4.31. The summed E-state index contributed by atoms with van der Waals surface area (Å²) in [6.07, 6.45) is 2.19. The van der Waals surface area contributed by atoms with E-state index in [0.717, 1.165) is 18.5 Å². The van der Waals surface area contributed by atoms with E-state index >= 15 is 0 Å². The number of thiazole rings is 1. The van der Waals surface area contributed by atoms with Crippen LogP contribution in [0.2, 0.25) is 0 Å². The van der Waals surface area contributed by atoms with E-state index in [4.69, 9.17) is 0 Å². The molecule has 0 saturated heterocycles. The lowest BCUT2D eigenvalue weighted by Gasteiger charge is -2.04. The molecule has 0 aliphatic heterocycles. The first-order valence-corrected chi connectivity index (χ1v) is 7.74. The molecule has 0 radical (unpaired) electrons. The predicted octanol–water partition coefficient (Wildman–Crippen LogP) is 4.90. The zero-order valence-electron chi connectivity index (χ0n) is 11.5. The van der Waals surface area contributed by atoms with Gasteiger partial charge in [-0.1, -0.05) is 54.6 Å². The Labute approximate surface area is 124 Å². The normalized spacial score (nSPS) is 10.7. The number of rotatable bonds is 4. The number of aryl methyl sites for hydroxylation is 3. The van der Waals surface area contributed by atoms with Gasteiger partial charge in [0.2, 0.25) is 0 Å². The summed E-state index contributed by atoms with van der Waals surface area (Å²) in [6.45, 7) is 2.06. The second kappa shape index (κ2) is 6.02. The van der Waals surface area contributed by atoms with Gasteiger partial charge >= 0.3 is 0 Å². The predicted molar refractivity (Wildman–Crippen MR) is 86.1 cm³/mol. The molecule has 0 aliphatic rings. The Kier molecular flexibility index (Phi) is 3.93. The summed E-state index contributed by atoms with van der Waals surface area (Å²) in [4.78, 5) is 5.59. The van der Waals surface area contributed by atoms with Gasteiger partial charge in [0.05, 0.1) is 16.1 Å². The van der Waals surface area contributed by atoms with E-state index in [1.807, 2.05) is 5.51 Å². The highest BCUT2D eigenvalue weighted by atomic mass is 32.1. The van der Waals surface area contributed by atoms with Crippen LogP contribution in [0.4, 0.5) is 0 Å². The Hall–Kier alpha value is -1.93. The molecule has 3 aromatic rings. The zero-order valence-corrected chi connectivity index (χ0v) is 12.4. The highest BCUT2D eigenvalue weighted by Crippen LogP contribution is 2.27. The molecule has 1 heterocycles. The Bertz CT molecular complexity index is 668. The van der Waals surface area contributed by atoms with Gasteiger partial charge in [0.25, 0.3) is 0 Å². The second-order valence-electron chi connectivity index (χ2n) is 4.95. The molecule has 0 unspecified atom stereocenters. The summed E-state index contributed by atoms with van der Waals surface area (Å²) < 4.78 is 0. The quantitative estimate of drug-likeness (QED) is 0.661.